The zero-order chi connectivity index (χ0) is 78.2. The predicted octanol–water partition coefficient (Wildman–Crippen LogP) is 16.2. The predicted molar refractivity (Wildman–Crippen MR) is 482 cm³/mol. The number of quaternary nitrogens is 2. The van der Waals surface area contributed by atoms with Gasteiger partial charge in [-0.15, -0.1) is 11.6 Å². The summed E-state index contributed by atoms with van der Waals surface area (Å²) in [5.74, 6) is -0.441. The highest BCUT2D eigenvalue weighted by molar-refractivity contribution is 7.49. The lowest BCUT2D eigenvalue weighted by atomic mass is 9.08. The van der Waals surface area contributed by atoms with Gasteiger partial charge in [-0.1, -0.05) is 178 Å². The summed E-state index contributed by atoms with van der Waals surface area (Å²) >= 11 is 52.9. The van der Waals surface area contributed by atoms with E-state index in [4.69, 9.17) is 123 Å². The molecule has 8 aromatic carbocycles. The van der Waals surface area contributed by atoms with Gasteiger partial charge in [-0.3, -0.25) is 19.2 Å². The van der Waals surface area contributed by atoms with Crippen LogP contribution in [0.25, 0.3) is 0 Å². The molecule has 6 radical (unpaired) electrons. The van der Waals surface area contributed by atoms with Crippen LogP contribution in [0.4, 0.5) is 22.7 Å². The van der Waals surface area contributed by atoms with Gasteiger partial charge in [0.25, 0.3) is 23.6 Å². The molecule has 11 rings (SSSR count). The van der Waals surface area contributed by atoms with Gasteiger partial charge in [-0.05, 0) is 166 Å². The molecule has 0 bridgehead atoms. The molecule has 0 atom stereocenters. The van der Waals surface area contributed by atoms with Crippen LogP contribution in [0.5, 0.6) is 0 Å². The third-order valence-electron chi connectivity index (χ3n) is 17.7. The van der Waals surface area contributed by atoms with E-state index in [1.165, 1.54) is 30.0 Å². The largest absolute Gasteiger partial charge is 1.00 e. The number of carbonyl (C=O) groups is 4. The second-order valence-electron chi connectivity index (χ2n) is 26.8. The Kier molecular flexibility index (Phi) is 55.5. The number of nitrogens with zero attached hydrogens (tertiary/aromatic N) is 3. The Morgan fingerprint density at radius 3 is 0.860 bits per heavy atom. The van der Waals surface area contributed by atoms with Gasteiger partial charge in [0.05, 0.1) is 113 Å². The third-order valence-corrected chi connectivity index (χ3v) is 20.9. The molecule has 4 N–H and O–H groups in total. The van der Waals surface area contributed by atoms with E-state index in [2.05, 4.69) is 116 Å². The van der Waals surface area contributed by atoms with Crippen LogP contribution in [0.3, 0.4) is 0 Å². The van der Waals surface area contributed by atoms with E-state index in [1.807, 2.05) is 67.6 Å². The van der Waals surface area contributed by atoms with Crippen LogP contribution in [-0.2, 0) is 44.5 Å². The molecule has 3 aliphatic rings. The highest BCUT2D eigenvalue weighted by atomic mass is 35.5. The SMILES string of the molecule is C.C.C.C.C.CCOCc1ccc(NC(=O)c2ccc(Cl)c(Cl)c2)cc1.CN(C)C1CCOCC1.C[N+](C)(Cc1ccc(NC(=O)c2ccc(Cl)c(Cl)c2)cc1)C1CCOCC1.C[N+](C)(Cc1ccc(NC(=O)c2ccc(Cl)c(Cl)c2)cc1)C1CCOCC1.O=C(Nc1ccc(CCl)cc1)c1ccc(Cl)c(Cl)c1.[B]B([B])[B].[Cl-].[Cl-]. The summed E-state index contributed by atoms with van der Waals surface area (Å²) in [5.41, 5.74) is 9.35. The van der Waals surface area contributed by atoms with Crippen molar-refractivity contribution in [1.82, 2.24) is 4.90 Å². The molecule has 3 saturated heterocycles. The first kappa shape index (κ1) is 111. The van der Waals surface area contributed by atoms with Crippen LogP contribution in [-0.4, -0.2) is 174 Å². The molecule has 30 heteroatoms. The van der Waals surface area contributed by atoms with Crippen molar-refractivity contribution < 1.29 is 71.9 Å². The molecule has 3 heterocycles. The molecule has 3 aliphatic heterocycles. The first-order valence-electron chi connectivity index (χ1n) is 34.8. The first-order chi connectivity index (χ1) is 50.9. The number of nitrogens with one attached hydrogen (secondary N) is 4. The Balaban J connectivity index is 0. The minimum absolute atomic E-state index is 0. The van der Waals surface area contributed by atoms with Crippen LogP contribution in [0.1, 0.15) is 146 Å². The zero-order valence-electron chi connectivity index (χ0n) is 62.0. The second-order valence-corrected chi connectivity index (χ2v) is 30.4. The number of benzene rings is 8. The van der Waals surface area contributed by atoms with Gasteiger partial charge < -0.3 is 78.9 Å². The number of anilines is 4. The maximum absolute atomic E-state index is 12.4. The fourth-order valence-corrected chi connectivity index (χ4v) is 12.9. The average Bonchev–Trinajstić information content (AvgIpc) is 0.863. The Hall–Kier alpha value is -5.19. The Bertz CT molecular complexity index is 3970. The molecule has 0 aromatic heterocycles. The lowest BCUT2D eigenvalue weighted by molar-refractivity contribution is -0.929. The Morgan fingerprint density at radius 1 is 0.404 bits per heavy atom. The molecule has 0 saturated carbocycles. The van der Waals surface area contributed by atoms with Crippen molar-refractivity contribution in [2.75, 3.05) is 110 Å². The molecule has 0 unspecified atom stereocenters. The fourth-order valence-electron chi connectivity index (χ4n) is 11.5. The minimum atomic E-state index is -0.667. The average molecular weight is 1780 g/mol. The second kappa shape index (κ2) is 57.1. The van der Waals surface area contributed by atoms with Gasteiger partial charge >= 0.3 is 0 Å². The van der Waals surface area contributed by atoms with E-state index in [1.54, 1.807) is 78.9 Å². The summed E-state index contributed by atoms with van der Waals surface area (Å²) in [6.45, 7) is 10.4. The monoisotopic (exact) mass is 1770 g/mol. The van der Waals surface area contributed by atoms with Gasteiger partial charge in [-0.25, -0.2) is 0 Å². The van der Waals surface area contributed by atoms with Crippen LogP contribution in [0.15, 0.2) is 170 Å². The summed E-state index contributed by atoms with van der Waals surface area (Å²) in [4.78, 5) is 51.1. The standard InChI is InChI=1S/2C21H24Cl2N2O2.C16H15Cl2NO2.C14H10Cl3NO.C7H15NO.5CH4.B4.2ClH/c2*1-25(2,18-9-11-27-12-10-18)14-15-3-6-17(7-4-15)24-21(26)16-5-8-19(22)20(23)13-16;1-2-21-10-11-3-6-13(7-4-11)19-16(20)12-5-8-14(17)15(18)9-12;15-8-9-1-4-11(5-2-9)18-14(19)10-3-6-12(16)13(17)7-10;1-8(2)7-3-5-9-6-4-7;;;;;;1-4(2)3;;/h2*3-8,13,18H,9-12,14H2,1-2H3;3-9H,2,10H2,1H3,(H,19,20);1-7H,8H2,(H,18,19);7H,3-6H2,1-2H3;5*1H4;;2*1H. The van der Waals surface area contributed by atoms with Crippen molar-refractivity contribution in [1.29, 1.82) is 0 Å². The Morgan fingerprint density at radius 2 is 0.640 bits per heavy atom. The summed E-state index contributed by atoms with van der Waals surface area (Å²) in [5, 5.41) is 14.5. The van der Waals surface area contributed by atoms with Gasteiger partial charge in [0, 0.05) is 143 Å². The molecule has 8 aromatic rings. The molecule has 0 aliphatic carbocycles. The van der Waals surface area contributed by atoms with Crippen LogP contribution >= 0.6 is 104 Å². The number of hydrogen-bond donors (Lipinski definition) is 4. The molecular weight excluding hydrogens is 1670 g/mol. The molecule has 4 amide bonds. The van der Waals surface area contributed by atoms with Crippen LogP contribution < -0.4 is 46.1 Å². The van der Waals surface area contributed by atoms with Crippen molar-refractivity contribution in [2.24, 2.45) is 0 Å². The van der Waals surface area contributed by atoms with Gasteiger partial charge in [0.15, 0.2) is 0 Å². The van der Waals surface area contributed by atoms with Gasteiger partial charge in [-0.2, -0.15) is 0 Å². The first-order valence-corrected chi connectivity index (χ1v) is 38.4. The molecule has 15 nitrogen and oxygen atoms in total. The van der Waals surface area contributed by atoms with Crippen molar-refractivity contribution in [3.8, 4) is 0 Å². The summed E-state index contributed by atoms with van der Waals surface area (Å²) < 4.78 is 23.4. The highest BCUT2D eigenvalue weighted by Gasteiger charge is 2.32. The quantitative estimate of drug-likeness (QED) is 0.0352. The third kappa shape index (κ3) is 39.1. The topological polar surface area (TPSA) is 157 Å². The van der Waals surface area contributed by atoms with Crippen LogP contribution in [0, 0.1) is 0 Å². The van der Waals surface area contributed by atoms with Gasteiger partial charge in [0.2, 0.25) is 0 Å². The lowest BCUT2D eigenvalue weighted by Crippen LogP contribution is -3.00. The highest BCUT2D eigenvalue weighted by Crippen LogP contribution is 2.30. The van der Waals surface area contributed by atoms with Gasteiger partial charge in [0.1, 0.15) is 13.1 Å². The summed E-state index contributed by atoms with van der Waals surface area (Å²) in [6.07, 6.45) is 6.14. The Labute approximate surface area is 741 Å². The van der Waals surface area contributed by atoms with Crippen molar-refractivity contribution in [3.63, 3.8) is 0 Å². The number of alkyl halides is 1. The maximum Gasteiger partial charge on any atom is 0.255 e. The molecule has 114 heavy (non-hydrogen) atoms. The number of ether oxygens (including phenoxy) is 4. The maximum atomic E-state index is 12.4. The number of hydrogen-bond acceptors (Lipinski definition) is 9. The molecule has 618 valence electrons. The zero-order valence-corrected chi connectivity index (χ0v) is 70.3. The van der Waals surface area contributed by atoms with E-state index >= 15 is 0 Å². The molecular formula is C84H110B4Cl11N7O8. The fraction of sp³-hybridized carbons (Fsp3) is 0.381. The number of amides is 4. The van der Waals surface area contributed by atoms with Crippen molar-refractivity contribution in [2.45, 2.75) is 126 Å². The van der Waals surface area contributed by atoms with Crippen molar-refractivity contribution in [3.05, 3.63) is 255 Å². The normalized spacial score (nSPS) is 13.0. The molecule has 3 fully saturated rings. The summed E-state index contributed by atoms with van der Waals surface area (Å²) in [6, 6.07) is 52.1. The smallest absolute Gasteiger partial charge is 0.255 e. The lowest BCUT2D eigenvalue weighted by Gasteiger charge is -2.40. The van der Waals surface area contributed by atoms with E-state index in [-0.39, 0.29) is 85.6 Å². The molecule has 0 spiro atoms. The van der Waals surface area contributed by atoms with E-state index in [0.29, 0.717) is 105 Å². The number of halogens is 11. The number of carbonyl (C=O) groups excluding carboxylic acids is 4. The minimum Gasteiger partial charge on any atom is -1.00 e. The van der Waals surface area contributed by atoms with E-state index < -0.39 is 6.39 Å². The van der Waals surface area contributed by atoms with E-state index in [0.717, 1.165) is 116 Å². The van der Waals surface area contributed by atoms with E-state index in [9.17, 15) is 19.2 Å². The summed E-state index contributed by atoms with van der Waals surface area (Å²) in [7, 11) is 27.4. The van der Waals surface area contributed by atoms with Crippen LogP contribution in [0.2, 0.25) is 40.2 Å². The van der Waals surface area contributed by atoms with Crippen molar-refractivity contribution >= 4 is 180 Å². The number of rotatable bonds is 19.